The Hall–Kier alpha value is -0.990. The van der Waals surface area contributed by atoms with Crippen LogP contribution < -0.4 is 0 Å². The van der Waals surface area contributed by atoms with Gasteiger partial charge in [0.25, 0.3) is 0 Å². The van der Waals surface area contributed by atoms with Gasteiger partial charge < -0.3 is 0 Å². The Bertz CT molecular complexity index is 335. The first-order chi connectivity index (χ1) is 6.66. The van der Waals surface area contributed by atoms with E-state index in [1.807, 2.05) is 0 Å². The third-order valence-corrected chi connectivity index (χ3v) is 2.77. The fraction of sp³-hybridized carbons (Fsp3) is 0.455. The quantitative estimate of drug-likeness (QED) is 0.650. The van der Waals surface area contributed by atoms with Crippen molar-refractivity contribution in [1.29, 1.82) is 0 Å². The maximum absolute atomic E-state index is 13.3. The second kappa shape index (κ2) is 3.64. The lowest BCUT2D eigenvalue weighted by Gasteiger charge is -2.10. The molecule has 2 atom stereocenters. The Morgan fingerprint density at radius 2 is 1.93 bits per heavy atom. The van der Waals surface area contributed by atoms with E-state index >= 15 is 0 Å². The molecule has 0 unspecified atom stereocenters. The molecule has 0 amide bonds. The molecule has 1 saturated carbocycles. The fourth-order valence-electron chi connectivity index (χ4n) is 2.04. The van der Waals surface area contributed by atoms with Crippen molar-refractivity contribution in [2.24, 2.45) is 0 Å². The topological polar surface area (TPSA) is 0 Å². The summed E-state index contributed by atoms with van der Waals surface area (Å²) in [4.78, 5) is 0. The van der Waals surface area contributed by atoms with Crippen LogP contribution in [0.1, 0.15) is 30.7 Å². The van der Waals surface area contributed by atoms with Crippen LogP contribution in [-0.4, -0.2) is 6.17 Å². The van der Waals surface area contributed by atoms with E-state index in [4.69, 9.17) is 0 Å². The smallest absolute Gasteiger partial charge is 0.126 e. The molecule has 1 fully saturated rings. The van der Waals surface area contributed by atoms with Crippen LogP contribution >= 0.6 is 0 Å². The van der Waals surface area contributed by atoms with Crippen molar-refractivity contribution in [3.05, 3.63) is 35.4 Å². The third kappa shape index (κ3) is 1.76. The predicted octanol–water partition coefficient (Wildman–Crippen LogP) is 3.57. The standard InChI is InChI=1S/C11H11F3/c12-8-2-1-7(5-8)10-6-9(13)3-4-11(10)14/h3-4,6-8H,1-2,5H2/t7-,8-/m1/s1. The van der Waals surface area contributed by atoms with Gasteiger partial charge in [-0.05, 0) is 48.9 Å². The molecule has 1 aromatic rings. The van der Waals surface area contributed by atoms with Gasteiger partial charge in [0.2, 0.25) is 0 Å². The highest BCUT2D eigenvalue weighted by Crippen LogP contribution is 2.37. The van der Waals surface area contributed by atoms with E-state index in [2.05, 4.69) is 0 Å². The Morgan fingerprint density at radius 1 is 1.14 bits per heavy atom. The minimum absolute atomic E-state index is 0.152. The third-order valence-electron chi connectivity index (χ3n) is 2.77. The van der Waals surface area contributed by atoms with Gasteiger partial charge >= 0.3 is 0 Å². The molecule has 76 valence electrons. The number of benzene rings is 1. The molecule has 0 N–H and O–H groups in total. The van der Waals surface area contributed by atoms with E-state index in [1.54, 1.807) is 0 Å². The van der Waals surface area contributed by atoms with E-state index in [-0.39, 0.29) is 5.92 Å². The lowest BCUT2D eigenvalue weighted by atomic mass is 9.97. The molecule has 3 heteroatoms. The Morgan fingerprint density at radius 3 is 2.57 bits per heavy atom. The molecule has 0 spiro atoms. The fourth-order valence-corrected chi connectivity index (χ4v) is 2.04. The molecule has 1 aromatic carbocycles. The Balaban J connectivity index is 2.27. The van der Waals surface area contributed by atoms with Gasteiger partial charge in [0.1, 0.15) is 17.8 Å². The molecule has 1 aliphatic rings. The maximum atomic E-state index is 13.3. The summed E-state index contributed by atoms with van der Waals surface area (Å²) in [7, 11) is 0. The van der Waals surface area contributed by atoms with E-state index in [9.17, 15) is 13.2 Å². The first kappa shape index (κ1) is 9.56. The zero-order chi connectivity index (χ0) is 10.1. The number of hydrogen-bond donors (Lipinski definition) is 0. The molecule has 1 aliphatic carbocycles. The van der Waals surface area contributed by atoms with Gasteiger partial charge in [-0.25, -0.2) is 13.2 Å². The highest BCUT2D eigenvalue weighted by atomic mass is 19.1. The summed E-state index contributed by atoms with van der Waals surface area (Å²) in [6, 6.07) is 3.37. The largest absolute Gasteiger partial charge is 0.247 e. The van der Waals surface area contributed by atoms with E-state index in [1.165, 1.54) is 6.07 Å². The summed E-state index contributed by atoms with van der Waals surface area (Å²) in [5, 5.41) is 0. The first-order valence-electron chi connectivity index (χ1n) is 4.76. The van der Waals surface area contributed by atoms with Crippen LogP contribution in [0.25, 0.3) is 0 Å². The summed E-state index contributed by atoms with van der Waals surface area (Å²) in [5.41, 5.74) is 0.324. The predicted molar refractivity (Wildman–Crippen MR) is 47.8 cm³/mol. The van der Waals surface area contributed by atoms with Crippen molar-refractivity contribution in [3.8, 4) is 0 Å². The zero-order valence-corrected chi connectivity index (χ0v) is 7.64. The van der Waals surface area contributed by atoms with Gasteiger partial charge in [-0.15, -0.1) is 0 Å². The summed E-state index contributed by atoms with van der Waals surface area (Å²) >= 11 is 0. The molecule has 0 saturated heterocycles. The summed E-state index contributed by atoms with van der Waals surface area (Å²) in [6.07, 6.45) is 0.533. The van der Waals surface area contributed by atoms with Crippen molar-refractivity contribution in [3.63, 3.8) is 0 Å². The van der Waals surface area contributed by atoms with Crippen molar-refractivity contribution in [2.75, 3.05) is 0 Å². The van der Waals surface area contributed by atoms with Gasteiger partial charge in [0.15, 0.2) is 0 Å². The summed E-state index contributed by atoms with van der Waals surface area (Å²) < 4.78 is 39.0. The lowest BCUT2D eigenvalue weighted by Crippen LogP contribution is -1.99. The molecule has 0 bridgehead atoms. The molecule has 2 rings (SSSR count). The molecule has 0 aliphatic heterocycles. The minimum Gasteiger partial charge on any atom is -0.247 e. The highest BCUT2D eigenvalue weighted by Gasteiger charge is 2.27. The van der Waals surface area contributed by atoms with Crippen molar-refractivity contribution in [2.45, 2.75) is 31.4 Å². The van der Waals surface area contributed by atoms with Crippen LogP contribution in [0.5, 0.6) is 0 Å². The maximum Gasteiger partial charge on any atom is 0.126 e. The van der Waals surface area contributed by atoms with Crippen LogP contribution in [0, 0.1) is 11.6 Å². The number of rotatable bonds is 1. The van der Waals surface area contributed by atoms with Crippen molar-refractivity contribution < 1.29 is 13.2 Å². The van der Waals surface area contributed by atoms with Crippen molar-refractivity contribution >= 4 is 0 Å². The molecule has 14 heavy (non-hydrogen) atoms. The normalized spacial score (nSPS) is 26.8. The average Bonchev–Trinajstić information content (AvgIpc) is 2.56. The van der Waals surface area contributed by atoms with Crippen LogP contribution in [0.2, 0.25) is 0 Å². The van der Waals surface area contributed by atoms with Crippen LogP contribution in [0.4, 0.5) is 13.2 Å². The minimum atomic E-state index is -0.859. The highest BCUT2D eigenvalue weighted by molar-refractivity contribution is 5.24. The monoisotopic (exact) mass is 200 g/mol. The molecule has 0 radical (unpaired) electrons. The molecule has 0 aromatic heterocycles. The number of alkyl halides is 1. The van der Waals surface area contributed by atoms with Gasteiger partial charge in [-0.1, -0.05) is 0 Å². The van der Waals surface area contributed by atoms with Crippen LogP contribution in [-0.2, 0) is 0 Å². The average molecular weight is 200 g/mol. The number of hydrogen-bond acceptors (Lipinski definition) is 0. The van der Waals surface area contributed by atoms with Gasteiger partial charge in [0.05, 0.1) is 0 Å². The number of halogens is 3. The first-order valence-corrected chi connectivity index (χ1v) is 4.76. The van der Waals surface area contributed by atoms with E-state index in [0.29, 0.717) is 24.8 Å². The van der Waals surface area contributed by atoms with Crippen LogP contribution in [0.3, 0.4) is 0 Å². The van der Waals surface area contributed by atoms with E-state index < -0.39 is 17.8 Å². The Labute approximate surface area is 80.7 Å². The Kier molecular flexibility index (Phi) is 2.48. The zero-order valence-electron chi connectivity index (χ0n) is 7.64. The second-order valence-corrected chi connectivity index (χ2v) is 3.77. The van der Waals surface area contributed by atoms with Crippen LogP contribution in [0.15, 0.2) is 18.2 Å². The van der Waals surface area contributed by atoms with Gasteiger partial charge in [0, 0.05) is 0 Å². The SMILES string of the molecule is Fc1ccc(F)c([C@@H]2CC[C@@H](F)C2)c1. The van der Waals surface area contributed by atoms with Crippen molar-refractivity contribution in [1.82, 2.24) is 0 Å². The molecule has 0 heterocycles. The van der Waals surface area contributed by atoms with Gasteiger partial charge in [-0.3, -0.25) is 0 Å². The summed E-state index contributed by atoms with van der Waals surface area (Å²) in [6.45, 7) is 0. The molecule has 0 nitrogen and oxygen atoms in total. The molecular formula is C11H11F3. The second-order valence-electron chi connectivity index (χ2n) is 3.77. The lowest BCUT2D eigenvalue weighted by molar-refractivity contribution is 0.338. The molecular weight excluding hydrogens is 189 g/mol. The van der Waals surface area contributed by atoms with Gasteiger partial charge in [-0.2, -0.15) is 0 Å². The van der Waals surface area contributed by atoms with E-state index in [0.717, 1.165) is 12.1 Å². The summed E-state index contributed by atoms with van der Waals surface area (Å²) in [5.74, 6) is -1.03.